The number of amides is 1. The average molecular weight is 386 g/mol. The van der Waals surface area contributed by atoms with Gasteiger partial charge in [0.15, 0.2) is 11.5 Å². The lowest BCUT2D eigenvalue weighted by Crippen LogP contribution is -2.12. The fourth-order valence-corrected chi connectivity index (χ4v) is 3.03. The third-order valence-electron chi connectivity index (χ3n) is 4.27. The molecule has 0 aliphatic carbocycles. The standard InChI is InChI=1S/C22H24ClNO3/c1-22(2,3)16-6-8-17(9-7-16)24-20(25)10-5-15-13-18(23)21-19(14-15)26-11-4-12-27-21/h5-10,13-14H,4,11-12H2,1-3H3,(H,24,25)/b10-5+. The van der Waals surface area contributed by atoms with Gasteiger partial charge >= 0.3 is 0 Å². The first kappa shape index (κ1) is 19.3. The van der Waals surface area contributed by atoms with Crippen molar-refractivity contribution in [1.82, 2.24) is 0 Å². The maximum absolute atomic E-state index is 12.2. The van der Waals surface area contributed by atoms with E-state index in [2.05, 4.69) is 26.1 Å². The molecule has 0 fully saturated rings. The largest absolute Gasteiger partial charge is 0.489 e. The number of fused-ring (bicyclic) bond motifs is 1. The minimum Gasteiger partial charge on any atom is -0.489 e. The van der Waals surface area contributed by atoms with Crippen LogP contribution < -0.4 is 14.8 Å². The zero-order chi connectivity index (χ0) is 19.4. The highest BCUT2D eigenvalue weighted by Crippen LogP contribution is 2.38. The molecule has 142 valence electrons. The molecule has 3 rings (SSSR count). The third kappa shape index (κ3) is 5.04. The highest BCUT2D eigenvalue weighted by Gasteiger charge is 2.15. The van der Waals surface area contributed by atoms with Crippen molar-refractivity contribution >= 4 is 29.3 Å². The van der Waals surface area contributed by atoms with E-state index in [4.69, 9.17) is 21.1 Å². The Morgan fingerprint density at radius 1 is 1.11 bits per heavy atom. The molecule has 2 aromatic carbocycles. The third-order valence-corrected chi connectivity index (χ3v) is 4.55. The first-order valence-corrected chi connectivity index (χ1v) is 9.39. The number of ether oxygens (including phenoxy) is 2. The summed E-state index contributed by atoms with van der Waals surface area (Å²) in [6.07, 6.45) is 4.00. The van der Waals surface area contributed by atoms with E-state index in [9.17, 15) is 4.79 Å². The van der Waals surface area contributed by atoms with E-state index < -0.39 is 0 Å². The van der Waals surface area contributed by atoms with Crippen molar-refractivity contribution in [3.8, 4) is 11.5 Å². The van der Waals surface area contributed by atoms with Gasteiger partial charge in [-0.2, -0.15) is 0 Å². The van der Waals surface area contributed by atoms with Gasteiger partial charge in [-0.3, -0.25) is 4.79 Å². The van der Waals surface area contributed by atoms with E-state index >= 15 is 0 Å². The number of nitrogens with one attached hydrogen (secondary N) is 1. The smallest absolute Gasteiger partial charge is 0.248 e. The summed E-state index contributed by atoms with van der Waals surface area (Å²) in [5, 5.41) is 3.34. The van der Waals surface area contributed by atoms with Gasteiger partial charge in [-0.25, -0.2) is 0 Å². The van der Waals surface area contributed by atoms with Crippen LogP contribution in [0.3, 0.4) is 0 Å². The Hall–Kier alpha value is -2.46. The van der Waals surface area contributed by atoms with Gasteiger partial charge in [-0.1, -0.05) is 44.5 Å². The summed E-state index contributed by atoms with van der Waals surface area (Å²) >= 11 is 6.28. The summed E-state index contributed by atoms with van der Waals surface area (Å²) in [5.74, 6) is 0.967. The molecule has 4 nitrogen and oxygen atoms in total. The molecule has 1 heterocycles. The summed E-state index contributed by atoms with van der Waals surface area (Å²) in [6, 6.07) is 11.5. The van der Waals surface area contributed by atoms with Gasteiger partial charge in [0.05, 0.1) is 18.2 Å². The van der Waals surface area contributed by atoms with Crippen molar-refractivity contribution in [3.63, 3.8) is 0 Å². The molecule has 0 aromatic heterocycles. The normalized spacial score (nSPS) is 14.1. The molecule has 0 unspecified atom stereocenters. The van der Waals surface area contributed by atoms with Gasteiger partial charge in [0.25, 0.3) is 0 Å². The molecule has 0 saturated heterocycles. The van der Waals surface area contributed by atoms with E-state index in [1.165, 1.54) is 11.6 Å². The van der Waals surface area contributed by atoms with Crippen molar-refractivity contribution in [2.75, 3.05) is 18.5 Å². The lowest BCUT2D eigenvalue weighted by atomic mass is 9.87. The van der Waals surface area contributed by atoms with Gasteiger partial charge in [0, 0.05) is 18.2 Å². The van der Waals surface area contributed by atoms with E-state index in [0.29, 0.717) is 29.7 Å². The Morgan fingerprint density at radius 3 is 2.52 bits per heavy atom. The second-order valence-electron chi connectivity index (χ2n) is 7.53. The lowest BCUT2D eigenvalue weighted by Gasteiger charge is -2.19. The van der Waals surface area contributed by atoms with E-state index in [1.807, 2.05) is 30.3 Å². The Bertz CT molecular complexity index is 851. The number of carbonyl (C=O) groups is 1. The van der Waals surface area contributed by atoms with Crippen LogP contribution in [0, 0.1) is 0 Å². The Morgan fingerprint density at radius 2 is 1.81 bits per heavy atom. The molecule has 1 aliphatic heterocycles. The van der Waals surface area contributed by atoms with Crippen molar-refractivity contribution in [1.29, 1.82) is 0 Å². The monoisotopic (exact) mass is 385 g/mol. The Kier molecular flexibility index (Phi) is 5.76. The quantitative estimate of drug-likeness (QED) is 0.714. The fourth-order valence-electron chi connectivity index (χ4n) is 2.76. The molecule has 5 heteroatoms. The van der Waals surface area contributed by atoms with Crippen LogP contribution in [0.15, 0.2) is 42.5 Å². The minimum atomic E-state index is -0.207. The molecule has 0 atom stereocenters. The summed E-state index contributed by atoms with van der Waals surface area (Å²) in [5.41, 5.74) is 2.84. The fraction of sp³-hybridized carbons (Fsp3) is 0.318. The lowest BCUT2D eigenvalue weighted by molar-refractivity contribution is -0.111. The van der Waals surface area contributed by atoms with Gasteiger partial charge in [0.2, 0.25) is 5.91 Å². The van der Waals surface area contributed by atoms with Crippen molar-refractivity contribution in [3.05, 3.63) is 58.6 Å². The summed E-state index contributed by atoms with van der Waals surface area (Å²) in [7, 11) is 0. The number of hydrogen-bond acceptors (Lipinski definition) is 3. The molecule has 0 spiro atoms. The molecule has 0 saturated carbocycles. The Balaban J connectivity index is 1.68. The molecule has 2 aromatic rings. The number of rotatable bonds is 3. The minimum absolute atomic E-state index is 0.0822. The SMILES string of the molecule is CC(C)(C)c1ccc(NC(=O)/C=C/c2cc(Cl)c3c(c2)OCCCO3)cc1. The number of benzene rings is 2. The zero-order valence-corrected chi connectivity index (χ0v) is 16.6. The van der Waals surface area contributed by atoms with Crippen LogP contribution in [0.4, 0.5) is 5.69 Å². The van der Waals surface area contributed by atoms with Crippen LogP contribution in [0.2, 0.25) is 5.02 Å². The maximum atomic E-state index is 12.2. The van der Waals surface area contributed by atoms with E-state index in [1.54, 1.807) is 12.1 Å². The zero-order valence-electron chi connectivity index (χ0n) is 15.8. The highest BCUT2D eigenvalue weighted by atomic mass is 35.5. The topological polar surface area (TPSA) is 47.6 Å². The van der Waals surface area contributed by atoms with E-state index in [0.717, 1.165) is 17.7 Å². The van der Waals surface area contributed by atoms with Crippen LogP contribution in [0.5, 0.6) is 11.5 Å². The van der Waals surface area contributed by atoms with Crippen molar-refractivity contribution in [2.24, 2.45) is 0 Å². The van der Waals surface area contributed by atoms with Crippen molar-refractivity contribution < 1.29 is 14.3 Å². The molecule has 1 amide bonds. The first-order valence-electron chi connectivity index (χ1n) is 9.02. The molecule has 0 bridgehead atoms. The van der Waals surface area contributed by atoms with Gasteiger partial charge < -0.3 is 14.8 Å². The van der Waals surface area contributed by atoms with Crippen LogP contribution in [0.25, 0.3) is 6.08 Å². The average Bonchev–Trinajstić information content (AvgIpc) is 2.85. The molecular weight excluding hydrogens is 362 g/mol. The number of carbonyl (C=O) groups excluding carboxylic acids is 1. The van der Waals surface area contributed by atoms with E-state index in [-0.39, 0.29) is 11.3 Å². The molecule has 1 aliphatic rings. The second-order valence-corrected chi connectivity index (χ2v) is 7.94. The predicted octanol–water partition coefficient (Wildman–Crippen LogP) is 5.45. The maximum Gasteiger partial charge on any atom is 0.248 e. The number of hydrogen-bond donors (Lipinski definition) is 1. The predicted molar refractivity (Wildman–Crippen MR) is 110 cm³/mol. The van der Waals surface area contributed by atoms with Crippen LogP contribution in [-0.4, -0.2) is 19.1 Å². The van der Waals surface area contributed by atoms with Crippen LogP contribution >= 0.6 is 11.6 Å². The highest BCUT2D eigenvalue weighted by molar-refractivity contribution is 6.32. The first-order chi connectivity index (χ1) is 12.8. The molecule has 1 N–H and O–H groups in total. The van der Waals surface area contributed by atoms with Crippen LogP contribution in [0.1, 0.15) is 38.3 Å². The van der Waals surface area contributed by atoms with Gasteiger partial charge in [0.1, 0.15) is 0 Å². The molecule has 0 radical (unpaired) electrons. The summed E-state index contributed by atoms with van der Waals surface area (Å²) in [4.78, 5) is 12.2. The molecular formula is C22H24ClNO3. The van der Waals surface area contributed by atoms with Crippen LogP contribution in [-0.2, 0) is 10.2 Å². The summed E-state index contributed by atoms with van der Waals surface area (Å²) in [6.45, 7) is 7.64. The summed E-state index contributed by atoms with van der Waals surface area (Å²) < 4.78 is 11.3. The molecule has 27 heavy (non-hydrogen) atoms. The van der Waals surface area contributed by atoms with Gasteiger partial charge in [-0.15, -0.1) is 0 Å². The van der Waals surface area contributed by atoms with Crippen molar-refractivity contribution in [2.45, 2.75) is 32.6 Å². The number of anilines is 1. The van der Waals surface area contributed by atoms with Gasteiger partial charge in [-0.05, 0) is 46.9 Å². The number of halogens is 1. The second kappa shape index (κ2) is 8.05. The Labute approximate surface area is 165 Å².